The van der Waals surface area contributed by atoms with E-state index in [2.05, 4.69) is 191 Å². The van der Waals surface area contributed by atoms with Gasteiger partial charge in [0.15, 0.2) is 0 Å². The first-order chi connectivity index (χ1) is 27.8. The number of fused-ring (bicyclic) bond motifs is 6. The van der Waals surface area contributed by atoms with Crippen molar-refractivity contribution in [2.75, 3.05) is 9.13 Å². The van der Waals surface area contributed by atoms with Gasteiger partial charge in [-0.1, -0.05) is 146 Å². The molecule has 2 aliphatic heterocycles. The molecule has 0 amide bonds. The fourth-order valence-electron chi connectivity index (χ4n) is 9.90. The Morgan fingerprint density at radius 2 is 0.982 bits per heavy atom. The van der Waals surface area contributed by atoms with Crippen molar-refractivity contribution in [2.24, 2.45) is 0 Å². The minimum absolute atomic E-state index is 0.726. The van der Waals surface area contributed by atoms with Crippen LogP contribution >= 0.6 is 11.3 Å². The normalized spacial score (nSPS) is 14.1. The van der Waals surface area contributed by atoms with Crippen LogP contribution in [-0.2, 0) is 0 Å². The third-order valence-electron chi connectivity index (χ3n) is 12.1. The molecule has 0 radical (unpaired) electrons. The summed E-state index contributed by atoms with van der Waals surface area (Å²) in [4.78, 5) is 12.6. The number of aromatic nitrogens is 2. The van der Waals surface area contributed by atoms with Crippen LogP contribution in [0, 0.1) is 0 Å². The maximum Gasteiger partial charge on any atom is 0.344 e. The lowest BCUT2D eigenvalue weighted by Crippen LogP contribution is -2.77. The molecule has 0 saturated heterocycles. The minimum atomic E-state index is -3.33. The summed E-state index contributed by atoms with van der Waals surface area (Å²) in [5.41, 5.74) is 5.56. The summed E-state index contributed by atoms with van der Waals surface area (Å²) in [6.07, 6.45) is 0. The molecule has 11 aromatic rings. The molecule has 0 aliphatic carbocycles. The molecule has 0 fully saturated rings. The summed E-state index contributed by atoms with van der Waals surface area (Å²) in [7, 11) is -3.33. The van der Waals surface area contributed by atoms with Crippen LogP contribution in [0.25, 0.3) is 74.6 Å². The van der Waals surface area contributed by atoms with Gasteiger partial charge in [-0.3, -0.25) is 0 Å². The minimum Gasteiger partial charge on any atom is -0.342 e. The van der Waals surface area contributed by atoms with Gasteiger partial charge in [0.05, 0.1) is 5.69 Å². The summed E-state index contributed by atoms with van der Waals surface area (Å²) in [5.74, 6) is 0.726. The molecule has 1 spiro atoms. The van der Waals surface area contributed by atoms with E-state index in [9.17, 15) is 0 Å². The second-order valence-corrected chi connectivity index (χ2v) is 19.3. The molecule has 260 valence electrons. The van der Waals surface area contributed by atoms with Gasteiger partial charge >= 0.3 is 8.40 Å². The van der Waals surface area contributed by atoms with Gasteiger partial charge in [0.25, 0.3) is 0 Å². The molecule has 0 saturated carbocycles. The molecule has 0 bridgehead atoms. The van der Waals surface area contributed by atoms with Gasteiger partial charge in [-0.05, 0) is 84.5 Å². The van der Waals surface area contributed by atoms with Gasteiger partial charge in [0.2, 0.25) is 5.95 Å². The van der Waals surface area contributed by atoms with Crippen molar-refractivity contribution in [3.63, 3.8) is 0 Å². The number of nitrogens with zero attached hydrogens (tertiary/aromatic N) is 4. The first kappa shape index (κ1) is 30.5. The van der Waals surface area contributed by atoms with E-state index in [-0.39, 0.29) is 0 Å². The van der Waals surface area contributed by atoms with E-state index >= 15 is 0 Å². The van der Waals surface area contributed by atoms with Crippen LogP contribution in [0.15, 0.2) is 182 Å². The van der Waals surface area contributed by atoms with Crippen molar-refractivity contribution in [3.05, 3.63) is 182 Å². The van der Waals surface area contributed by atoms with Crippen LogP contribution < -0.4 is 19.5 Å². The zero-order valence-electron chi connectivity index (χ0n) is 30.0. The third kappa shape index (κ3) is 3.86. The lowest BCUT2D eigenvalue weighted by molar-refractivity contribution is 1.13. The highest BCUT2D eigenvalue weighted by Gasteiger charge is 2.60. The summed E-state index contributed by atoms with van der Waals surface area (Å²) < 4.78 is 6.54. The number of anilines is 4. The van der Waals surface area contributed by atoms with E-state index in [1.54, 1.807) is 11.3 Å². The molecular weight excluding hydrogens is 717 g/mol. The van der Waals surface area contributed by atoms with Gasteiger partial charge in [-0.15, -0.1) is 11.3 Å². The molecule has 6 heteroatoms. The molecule has 56 heavy (non-hydrogen) atoms. The number of hydrogen-bond donors (Lipinski definition) is 0. The van der Waals surface area contributed by atoms with Crippen molar-refractivity contribution in [2.45, 2.75) is 0 Å². The fraction of sp³-hybridized carbons (Fsp3) is 0. The highest BCUT2D eigenvalue weighted by atomic mass is 32.1. The molecule has 0 unspecified atom stereocenters. The molecule has 4 heterocycles. The zero-order valence-corrected chi connectivity index (χ0v) is 31.8. The molecule has 2 aromatic heterocycles. The number of rotatable bonds is 3. The number of thiophene rings is 1. The fourth-order valence-corrected chi connectivity index (χ4v) is 16.3. The van der Waals surface area contributed by atoms with Gasteiger partial charge in [-0.2, -0.15) is 0 Å². The van der Waals surface area contributed by atoms with Gasteiger partial charge in [0, 0.05) is 43.5 Å². The quantitative estimate of drug-likeness (QED) is 0.133. The van der Waals surface area contributed by atoms with Crippen LogP contribution in [0.5, 0.6) is 0 Å². The Bertz CT molecular complexity index is 3390. The average molecular weight is 747 g/mol. The number of para-hydroxylation sites is 1. The largest absolute Gasteiger partial charge is 0.344 e. The van der Waals surface area contributed by atoms with Crippen molar-refractivity contribution in [3.8, 4) is 11.3 Å². The highest BCUT2D eigenvalue weighted by Crippen LogP contribution is 2.53. The smallest absolute Gasteiger partial charge is 0.342 e. The molecule has 2 aliphatic rings. The Kier molecular flexibility index (Phi) is 6.04. The zero-order chi connectivity index (χ0) is 36.5. The Morgan fingerprint density at radius 3 is 1.66 bits per heavy atom. The van der Waals surface area contributed by atoms with Gasteiger partial charge < -0.3 is 9.13 Å². The maximum absolute atomic E-state index is 5.82. The molecule has 13 rings (SSSR count). The van der Waals surface area contributed by atoms with E-state index in [4.69, 9.17) is 9.97 Å². The standard InChI is InChI=1S/C50H30N4SSi/c1-3-13-34(14-4-1)48-47-38-29-35-15-7-8-16-36(35)30-41(38)55-49(47)52-50(51-48)54-40-24-10-18-31-17-9-23-39(44(31)40)53(37-21-5-2-6-22-37)56(54)42-25-11-19-32-27-28-33-20-12-26-43(56)46(33)45(32)42/h1-30H. The molecule has 9 aromatic carbocycles. The lowest BCUT2D eigenvalue weighted by atomic mass is 10.0. The van der Waals surface area contributed by atoms with E-state index in [0.29, 0.717) is 0 Å². The van der Waals surface area contributed by atoms with E-state index in [1.807, 2.05) is 0 Å². The lowest BCUT2D eigenvalue weighted by Gasteiger charge is -2.52. The maximum atomic E-state index is 5.82. The van der Waals surface area contributed by atoms with E-state index < -0.39 is 8.40 Å². The number of benzene rings is 9. The summed E-state index contributed by atoms with van der Waals surface area (Å²) in [6, 6.07) is 67.0. The summed E-state index contributed by atoms with van der Waals surface area (Å²) in [6.45, 7) is 0. The molecule has 0 atom stereocenters. The van der Waals surface area contributed by atoms with Crippen LogP contribution in [0.3, 0.4) is 0 Å². The van der Waals surface area contributed by atoms with Crippen molar-refractivity contribution < 1.29 is 0 Å². The van der Waals surface area contributed by atoms with Gasteiger partial charge in [-0.25, -0.2) is 9.97 Å². The predicted octanol–water partition coefficient (Wildman–Crippen LogP) is 12.0. The first-order valence-electron chi connectivity index (χ1n) is 19.1. The topological polar surface area (TPSA) is 32.3 Å². The SMILES string of the molecule is c1ccc(-c2nc(N3c4cccc5cccc(c45)N(c4ccccc4)[Si]34c3cccc5ccc6cccc4c6c35)nc3sc4cc5ccccc5cc4c23)cc1. The Labute approximate surface area is 327 Å². The monoisotopic (exact) mass is 746 g/mol. The molecule has 4 nitrogen and oxygen atoms in total. The van der Waals surface area contributed by atoms with Crippen LogP contribution in [0.4, 0.5) is 23.0 Å². The predicted molar refractivity (Wildman–Crippen MR) is 239 cm³/mol. The van der Waals surface area contributed by atoms with Crippen molar-refractivity contribution >= 4 is 117 Å². The Morgan fingerprint density at radius 1 is 0.429 bits per heavy atom. The molecular formula is C50H30N4SSi. The van der Waals surface area contributed by atoms with E-state index in [1.165, 1.54) is 69.2 Å². The van der Waals surface area contributed by atoms with Crippen LogP contribution in [0.2, 0.25) is 0 Å². The third-order valence-corrected chi connectivity index (χ3v) is 17.7. The second-order valence-electron chi connectivity index (χ2n) is 14.9. The van der Waals surface area contributed by atoms with Crippen molar-refractivity contribution in [1.29, 1.82) is 0 Å². The van der Waals surface area contributed by atoms with Crippen LogP contribution in [0.1, 0.15) is 0 Å². The first-order valence-corrected chi connectivity index (χ1v) is 21.8. The summed E-state index contributed by atoms with van der Waals surface area (Å²) in [5, 5.41) is 15.0. The Hall–Kier alpha value is -6.86. The number of hydrogen-bond acceptors (Lipinski definition) is 5. The average Bonchev–Trinajstić information content (AvgIpc) is 3.76. The highest BCUT2D eigenvalue weighted by molar-refractivity contribution is 7.25. The Balaban J connectivity index is 1.24. The van der Waals surface area contributed by atoms with E-state index in [0.717, 1.165) is 38.8 Å². The van der Waals surface area contributed by atoms with Gasteiger partial charge in [0.1, 0.15) is 4.83 Å². The van der Waals surface area contributed by atoms with Crippen molar-refractivity contribution in [1.82, 2.24) is 9.97 Å². The second kappa shape index (κ2) is 11.1. The van der Waals surface area contributed by atoms with Crippen LogP contribution in [-0.4, -0.2) is 18.4 Å². The molecule has 0 N–H and O–H groups in total. The summed E-state index contributed by atoms with van der Waals surface area (Å²) >= 11 is 1.77.